The monoisotopic (exact) mass is 195 g/mol. The van der Waals surface area contributed by atoms with Gasteiger partial charge in [-0.15, -0.1) is 6.42 Å². The van der Waals surface area contributed by atoms with Crippen molar-refractivity contribution < 1.29 is 5.21 Å². The van der Waals surface area contributed by atoms with Crippen LogP contribution in [-0.4, -0.2) is 23.6 Å². The molecule has 1 rings (SSSR count). The molecule has 0 saturated heterocycles. The van der Waals surface area contributed by atoms with Gasteiger partial charge in [-0.3, -0.25) is 0 Å². The van der Waals surface area contributed by atoms with Crippen molar-refractivity contribution >= 4 is 5.84 Å². The topological polar surface area (TPSA) is 70.6 Å². The Morgan fingerprint density at radius 3 is 2.86 bits per heavy atom. The molecule has 0 spiro atoms. The molecule has 78 valence electrons. The van der Waals surface area contributed by atoms with E-state index in [1.54, 1.807) is 0 Å². The maximum Gasteiger partial charge on any atom is 0.139 e. The van der Waals surface area contributed by atoms with Crippen LogP contribution in [-0.2, 0) is 0 Å². The maximum atomic E-state index is 8.46. The molecule has 4 N–H and O–H groups in total. The van der Waals surface area contributed by atoms with Crippen molar-refractivity contribution in [3.8, 4) is 12.3 Å². The number of amidine groups is 1. The SMILES string of the molecule is C#CC(C)NCC1(CC(N)=NO)CC1. The second-order valence-electron chi connectivity index (χ2n) is 4.04. The molecule has 1 saturated carbocycles. The van der Waals surface area contributed by atoms with E-state index in [-0.39, 0.29) is 11.5 Å². The number of nitrogens with one attached hydrogen (secondary N) is 1. The van der Waals surface area contributed by atoms with Gasteiger partial charge in [0.2, 0.25) is 0 Å². The first-order valence-electron chi connectivity index (χ1n) is 4.78. The Bertz CT molecular complexity index is 263. The van der Waals surface area contributed by atoms with E-state index in [2.05, 4.69) is 16.4 Å². The van der Waals surface area contributed by atoms with E-state index in [1.807, 2.05) is 6.92 Å². The minimum atomic E-state index is 0.0831. The smallest absolute Gasteiger partial charge is 0.139 e. The Morgan fingerprint density at radius 2 is 2.43 bits per heavy atom. The van der Waals surface area contributed by atoms with Gasteiger partial charge in [0.1, 0.15) is 5.84 Å². The van der Waals surface area contributed by atoms with Crippen molar-refractivity contribution in [2.24, 2.45) is 16.3 Å². The standard InChI is InChI=1S/C10H17N3O/c1-3-8(2)12-7-10(4-5-10)6-9(11)13-14/h1,8,12,14H,4-7H2,2H3,(H2,11,13). The van der Waals surface area contributed by atoms with E-state index in [0.717, 1.165) is 19.4 Å². The van der Waals surface area contributed by atoms with E-state index in [9.17, 15) is 0 Å². The highest BCUT2D eigenvalue weighted by atomic mass is 16.4. The first-order chi connectivity index (χ1) is 6.62. The van der Waals surface area contributed by atoms with Crippen molar-refractivity contribution in [3.05, 3.63) is 0 Å². The molecule has 4 heteroatoms. The van der Waals surface area contributed by atoms with Crippen molar-refractivity contribution in [1.29, 1.82) is 0 Å². The van der Waals surface area contributed by atoms with Gasteiger partial charge in [-0.05, 0) is 25.2 Å². The van der Waals surface area contributed by atoms with Crippen molar-refractivity contribution in [1.82, 2.24) is 5.32 Å². The number of oxime groups is 1. The van der Waals surface area contributed by atoms with Gasteiger partial charge in [-0.2, -0.15) is 0 Å². The third kappa shape index (κ3) is 2.93. The Morgan fingerprint density at radius 1 is 1.79 bits per heavy atom. The third-order valence-electron chi connectivity index (χ3n) is 2.67. The summed E-state index contributed by atoms with van der Waals surface area (Å²) < 4.78 is 0. The minimum absolute atomic E-state index is 0.0831. The normalized spacial score (nSPS) is 21.3. The molecule has 0 aromatic heterocycles. The molecule has 0 heterocycles. The number of nitrogens with two attached hydrogens (primary N) is 1. The Hall–Kier alpha value is -1.21. The molecule has 4 nitrogen and oxygen atoms in total. The molecule has 0 aromatic carbocycles. The summed E-state index contributed by atoms with van der Waals surface area (Å²) in [5.41, 5.74) is 5.65. The van der Waals surface area contributed by atoms with Crippen LogP contribution in [0, 0.1) is 17.8 Å². The average molecular weight is 195 g/mol. The molecule has 1 unspecified atom stereocenters. The Balaban J connectivity index is 2.33. The second kappa shape index (κ2) is 4.34. The molecular formula is C10H17N3O. The summed E-state index contributed by atoms with van der Waals surface area (Å²) in [6.07, 6.45) is 8.13. The molecule has 0 radical (unpaired) electrons. The van der Waals surface area contributed by atoms with Gasteiger partial charge in [0.05, 0.1) is 6.04 Å². The maximum absolute atomic E-state index is 8.46. The molecule has 0 aromatic rings. The second-order valence-corrected chi connectivity index (χ2v) is 4.04. The van der Waals surface area contributed by atoms with E-state index in [4.69, 9.17) is 17.4 Å². The molecule has 1 aliphatic carbocycles. The summed E-state index contributed by atoms with van der Waals surface area (Å²) in [5.74, 6) is 2.91. The highest BCUT2D eigenvalue weighted by molar-refractivity contribution is 5.80. The highest BCUT2D eigenvalue weighted by Crippen LogP contribution is 2.48. The molecule has 0 amide bonds. The average Bonchev–Trinajstić information content (AvgIpc) is 2.94. The van der Waals surface area contributed by atoms with E-state index < -0.39 is 0 Å². The van der Waals surface area contributed by atoms with E-state index in [1.165, 1.54) is 0 Å². The fraction of sp³-hybridized carbons (Fsp3) is 0.700. The summed E-state index contributed by atoms with van der Waals surface area (Å²) in [6, 6.07) is 0.0831. The molecule has 1 aliphatic rings. The van der Waals surface area contributed by atoms with Gasteiger partial charge in [0.25, 0.3) is 0 Å². The largest absolute Gasteiger partial charge is 0.409 e. The van der Waals surface area contributed by atoms with Crippen molar-refractivity contribution in [2.45, 2.75) is 32.2 Å². The van der Waals surface area contributed by atoms with Crippen molar-refractivity contribution in [2.75, 3.05) is 6.54 Å². The third-order valence-corrected chi connectivity index (χ3v) is 2.67. The fourth-order valence-electron chi connectivity index (χ4n) is 1.44. The first kappa shape index (κ1) is 10.9. The van der Waals surface area contributed by atoms with Gasteiger partial charge in [-0.1, -0.05) is 11.1 Å². The highest BCUT2D eigenvalue weighted by Gasteiger charge is 2.43. The predicted octanol–water partition coefficient (Wildman–Crippen LogP) is 0.514. The van der Waals surface area contributed by atoms with Crippen LogP contribution in [0.3, 0.4) is 0 Å². The van der Waals surface area contributed by atoms with E-state index >= 15 is 0 Å². The first-order valence-corrected chi connectivity index (χ1v) is 4.78. The number of nitrogens with zero attached hydrogens (tertiary/aromatic N) is 1. The summed E-state index contributed by atoms with van der Waals surface area (Å²) in [4.78, 5) is 0. The van der Waals surface area contributed by atoms with Gasteiger partial charge in [0, 0.05) is 13.0 Å². The van der Waals surface area contributed by atoms with Crippen molar-refractivity contribution in [3.63, 3.8) is 0 Å². The van der Waals surface area contributed by atoms with E-state index in [0.29, 0.717) is 12.3 Å². The minimum Gasteiger partial charge on any atom is -0.409 e. The van der Waals surface area contributed by atoms with Crippen LogP contribution in [0.15, 0.2) is 5.16 Å². The quantitative estimate of drug-likeness (QED) is 0.197. The lowest BCUT2D eigenvalue weighted by Crippen LogP contribution is -2.33. The summed E-state index contributed by atoms with van der Waals surface area (Å²) >= 11 is 0. The van der Waals surface area contributed by atoms with Crippen LogP contribution >= 0.6 is 0 Å². The van der Waals surface area contributed by atoms with Crippen LogP contribution in [0.25, 0.3) is 0 Å². The Kier molecular flexibility index (Phi) is 3.37. The lowest BCUT2D eigenvalue weighted by molar-refractivity contribution is 0.314. The van der Waals surface area contributed by atoms with Gasteiger partial charge in [0.15, 0.2) is 0 Å². The Labute approximate surface area is 84.6 Å². The lowest BCUT2D eigenvalue weighted by Gasteiger charge is -2.16. The van der Waals surface area contributed by atoms with Gasteiger partial charge < -0.3 is 16.3 Å². The zero-order valence-electron chi connectivity index (χ0n) is 8.45. The number of hydrogen-bond donors (Lipinski definition) is 3. The molecule has 1 atom stereocenters. The molecule has 1 fully saturated rings. The lowest BCUT2D eigenvalue weighted by atomic mass is 10.0. The fourth-order valence-corrected chi connectivity index (χ4v) is 1.44. The number of rotatable bonds is 5. The molecule has 0 aliphatic heterocycles. The summed E-state index contributed by atoms with van der Waals surface area (Å²) in [5, 5.41) is 14.7. The number of hydrogen-bond acceptors (Lipinski definition) is 3. The number of terminal acetylenes is 1. The zero-order valence-corrected chi connectivity index (χ0v) is 8.45. The van der Waals surface area contributed by atoms with Gasteiger partial charge >= 0.3 is 0 Å². The molecular weight excluding hydrogens is 178 g/mol. The van der Waals surface area contributed by atoms with Gasteiger partial charge in [-0.25, -0.2) is 0 Å². The molecule has 14 heavy (non-hydrogen) atoms. The van der Waals surface area contributed by atoms with Crippen LogP contribution in [0.4, 0.5) is 0 Å². The van der Waals surface area contributed by atoms with Crippen LogP contribution in [0.5, 0.6) is 0 Å². The summed E-state index contributed by atoms with van der Waals surface area (Å²) in [7, 11) is 0. The summed E-state index contributed by atoms with van der Waals surface area (Å²) in [6.45, 7) is 2.79. The zero-order chi connectivity index (χ0) is 10.6. The van der Waals surface area contributed by atoms with Crippen LogP contribution in [0.2, 0.25) is 0 Å². The predicted molar refractivity (Wildman–Crippen MR) is 56.0 cm³/mol. The molecule has 0 bridgehead atoms. The van der Waals surface area contributed by atoms with Crippen LogP contribution in [0.1, 0.15) is 26.2 Å². The van der Waals surface area contributed by atoms with Crippen LogP contribution < -0.4 is 11.1 Å².